The molecule has 0 aliphatic carbocycles. The number of rotatable bonds is 6. The molecule has 0 radical (unpaired) electrons. The number of nitrogens with zero attached hydrogens (tertiary/aromatic N) is 2. The summed E-state index contributed by atoms with van der Waals surface area (Å²) in [6.45, 7) is 3.57. The zero-order valence-corrected chi connectivity index (χ0v) is 16.8. The van der Waals surface area contributed by atoms with Gasteiger partial charge in [0.15, 0.2) is 0 Å². The van der Waals surface area contributed by atoms with Crippen molar-refractivity contribution < 1.29 is 9.53 Å². The number of anilines is 1. The molecule has 5 nitrogen and oxygen atoms in total. The van der Waals surface area contributed by atoms with E-state index in [2.05, 4.69) is 15.2 Å². The molecule has 1 aromatic heterocycles. The Morgan fingerprint density at radius 2 is 2.00 bits per heavy atom. The second-order valence-electron chi connectivity index (χ2n) is 6.67. The zero-order chi connectivity index (χ0) is 19.2. The van der Waals surface area contributed by atoms with E-state index in [1.807, 2.05) is 30.3 Å². The molecule has 0 amide bonds. The van der Waals surface area contributed by atoms with Crippen LogP contribution in [0, 0.1) is 5.92 Å². The van der Waals surface area contributed by atoms with Crippen LogP contribution in [0.2, 0.25) is 10.0 Å². The van der Waals surface area contributed by atoms with Crippen molar-refractivity contribution in [1.82, 2.24) is 10.3 Å². The predicted octanol–water partition coefficient (Wildman–Crippen LogP) is 4.18. The van der Waals surface area contributed by atoms with E-state index in [9.17, 15) is 4.79 Å². The number of pyridine rings is 1. The highest BCUT2D eigenvalue weighted by atomic mass is 35.5. The minimum absolute atomic E-state index is 0.340. The Morgan fingerprint density at radius 1 is 1.22 bits per heavy atom. The van der Waals surface area contributed by atoms with Gasteiger partial charge in [-0.05, 0) is 55.6 Å². The maximum Gasteiger partial charge on any atom is 0.356 e. The van der Waals surface area contributed by atoms with Gasteiger partial charge in [0.2, 0.25) is 0 Å². The maximum atomic E-state index is 11.5. The van der Waals surface area contributed by atoms with Crippen molar-refractivity contribution in [3.63, 3.8) is 0 Å². The van der Waals surface area contributed by atoms with Gasteiger partial charge in [-0.3, -0.25) is 0 Å². The molecule has 1 N–H and O–H groups in total. The molecule has 1 aromatic carbocycles. The average molecular weight is 408 g/mol. The first-order chi connectivity index (χ1) is 13.1. The maximum absolute atomic E-state index is 11.5. The smallest absolute Gasteiger partial charge is 0.356 e. The zero-order valence-electron chi connectivity index (χ0n) is 15.3. The highest BCUT2D eigenvalue weighted by Crippen LogP contribution is 2.29. The van der Waals surface area contributed by atoms with Gasteiger partial charge in [0.05, 0.1) is 22.8 Å². The molecule has 2 aromatic rings. The summed E-state index contributed by atoms with van der Waals surface area (Å²) in [5.74, 6) is 0.208. The first kappa shape index (κ1) is 19.9. The van der Waals surface area contributed by atoms with E-state index in [1.54, 1.807) is 6.07 Å². The van der Waals surface area contributed by atoms with Crippen LogP contribution in [0.5, 0.6) is 0 Å². The molecular formula is C20H23Cl2N3O2. The van der Waals surface area contributed by atoms with E-state index >= 15 is 0 Å². The topological polar surface area (TPSA) is 54.5 Å². The van der Waals surface area contributed by atoms with E-state index in [1.165, 1.54) is 7.11 Å². The number of nitrogens with one attached hydrogen (secondary N) is 1. The molecule has 7 heteroatoms. The standard InChI is InChI=1S/C20H23Cl2N3O2/c1-27-20(26)19-4-2-3-15(24-19)13-23-12-14-7-9-25(10-8-14)16-5-6-17(21)18(22)11-16/h2-6,11,14,23H,7-10,12-13H2,1H3. The van der Waals surface area contributed by atoms with Gasteiger partial charge >= 0.3 is 5.97 Å². The molecule has 0 unspecified atom stereocenters. The van der Waals surface area contributed by atoms with Crippen molar-refractivity contribution in [3.05, 3.63) is 57.8 Å². The third kappa shape index (κ3) is 5.34. The molecule has 0 atom stereocenters. The third-order valence-electron chi connectivity index (χ3n) is 4.82. The lowest BCUT2D eigenvalue weighted by molar-refractivity contribution is 0.0593. The quantitative estimate of drug-likeness (QED) is 0.727. The van der Waals surface area contributed by atoms with Crippen LogP contribution in [-0.4, -0.2) is 37.7 Å². The third-order valence-corrected chi connectivity index (χ3v) is 5.56. The van der Waals surface area contributed by atoms with Gasteiger partial charge in [0.1, 0.15) is 5.69 Å². The van der Waals surface area contributed by atoms with E-state index in [4.69, 9.17) is 27.9 Å². The van der Waals surface area contributed by atoms with Crippen molar-refractivity contribution >= 4 is 34.9 Å². The fourth-order valence-electron chi connectivity index (χ4n) is 3.28. The van der Waals surface area contributed by atoms with Gasteiger partial charge in [-0.25, -0.2) is 9.78 Å². The minimum atomic E-state index is -0.411. The number of carbonyl (C=O) groups is 1. The predicted molar refractivity (Wildman–Crippen MR) is 109 cm³/mol. The molecule has 1 saturated heterocycles. The number of carbonyl (C=O) groups excluding carboxylic acids is 1. The van der Waals surface area contributed by atoms with E-state index in [-0.39, 0.29) is 0 Å². The first-order valence-electron chi connectivity index (χ1n) is 9.02. The monoisotopic (exact) mass is 407 g/mol. The molecule has 1 fully saturated rings. The Balaban J connectivity index is 1.44. The van der Waals surface area contributed by atoms with Crippen LogP contribution in [0.25, 0.3) is 0 Å². The lowest BCUT2D eigenvalue weighted by Crippen LogP contribution is -2.37. The summed E-state index contributed by atoms with van der Waals surface area (Å²) in [6, 6.07) is 11.2. The number of piperidine rings is 1. The van der Waals surface area contributed by atoms with Crippen LogP contribution in [0.15, 0.2) is 36.4 Å². The van der Waals surface area contributed by atoms with Crippen LogP contribution in [0.4, 0.5) is 5.69 Å². The number of halogens is 2. The van der Waals surface area contributed by atoms with Crippen LogP contribution in [-0.2, 0) is 11.3 Å². The van der Waals surface area contributed by atoms with Gasteiger partial charge in [-0.1, -0.05) is 29.3 Å². The molecule has 0 saturated carbocycles. The van der Waals surface area contributed by atoms with Crippen LogP contribution < -0.4 is 10.2 Å². The molecule has 0 spiro atoms. The van der Waals surface area contributed by atoms with Crippen LogP contribution in [0.3, 0.4) is 0 Å². The summed E-state index contributed by atoms with van der Waals surface area (Å²) in [6.07, 6.45) is 2.23. The lowest BCUT2D eigenvalue weighted by atomic mass is 9.96. The molecule has 1 aliphatic heterocycles. The normalized spacial score (nSPS) is 15.0. The number of esters is 1. The van der Waals surface area contributed by atoms with Gasteiger partial charge in [-0.2, -0.15) is 0 Å². The number of benzene rings is 1. The van der Waals surface area contributed by atoms with Gasteiger partial charge in [0.25, 0.3) is 0 Å². The lowest BCUT2D eigenvalue weighted by Gasteiger charge is -2.34. The Hall–Kier alpha value is -1.82. The van der Waals surface area contributed by atoms with Gasteiger partial charge in [0, 0.05) is 25.3 Å². The number of hydrogen-bond acceptors (Lipinski definition) is 5. The molecule has 1 aliphatic rings. The molecule has 27 heavy (non-hydrogen) atoms. The fraction of sp³-hybridized carbons (Fsp3) is 0.400. The second kappa shape index (κ2) is 9.40. The Morgan fingerprint density at radius 3 is 2.70 bits per heavy atom. The largest absolute Gasteiger partial charge is 0.464 e. The number of hydrogen-bond donors (Lipinski definition) is 1. The molecule has 3 rings (SSSR count). The van der Waals surface area contributed by atoms with E-state index in [0.29, 0.717) is 28.2 Å². The minimum Gasteiger partial charge on any atom is -0.464 e. The summed E-state index contributed by atoms with van der Waals surface area (Å²) < 4.78 is 4.71. The summed E-state index contributed by atoms with van der Waals surface area (Å²) in [5.41, 5.74) is 2.30. The van der Waals surface area contributed by atoms with Crippen molar-refractivity contribution in [2.75, 3.05) is 31.6 Å². The average Bonchev–Trinajstić information content (AvgIpc) is 2.70. The Bertz CT molecular complexity index is 793. The Labute approximate surface area is 169 Å². The molecule has 0 bridgehead atoms. The SMILES string of the molecule is COC(=O)c1cccc(CNCC2CCN(c3ccc(Cl)c(Cl)c3)CC2)n1. The Kier molecular flexibility index (Phi) is 6.94. The fourth-order valence-corrected chi connectivity index (χ4v) is 3.57. The first-order valence-corrected chi connectivity index (χ1v) is 9.77. The van der Waals surface area contributed by atoms with Crippen molar-refractivity contribution in [2.24, 2.45) is 5.92 Å². The molecule has 144 valence electrons. The summed E-state index contributed by atoms with van der Waals surface area (Å²) in [7, 11) is 1.36. The number of methoxy groups -OCH3 is 1. The van der Waals surface area contributed by atoms with E-state index < -0.39 is 5.97 Å². The molecular weight excluding hydrogens is 385 g/mol. The molecule has 2 heterocycles. The van der Waals surface area contributed by atoms with Gasteiger partial charge in [-0.15, -0.1) is 0 Å². The van der Waals surface area contributed by atoms with Crippen LogP contribution in [0.1, 0.15) is 29.0 Å². The number of ether oxygens (including phenoxy) is 1. The van der Waals surface area contributed by atoms with Crippen molar-refractivity contribution in [3.8, 4) is 0 Å². The van der Waals surface area contributed by atoms with Gasteiger partial charge < -0.3 is 15.0 Å². The summed E-state index contributed by atoms with van der Waals surface area (Å²) in [5, 5.41) is 4.64. The second-order valence-corrected chi connectivity index (χ2v) is 7.48. The van der Waals surface area contributed by atoms with Crippen LogP contribution >= 0.6 is 23.2 Å². The van der Waals surface area contributed by atoms with Crippen molar-refractivity contribution in [1.29, 1.82) is 0 Å². The highest BCUT2D eigenvalue weighted by molar-refractivity contribution is 6.42. The van der Waals surface area contributed by atoms with E-state index in [0.717, 1.165) is 43.9 Å². The highest BCUT2D eigenvalue weighted by Gasteiger charge is 2.19. The van der Waals surface area contributed by atoms with Crippen molar-refractivity contribution in [2.45, 2.75) is 19.4 Å². The number of aromatic nitrogens is 1. The summed E-state index contributed by atoms with van der Waals surface area (Å²) in [4.78, 5) is 18.2. The summed E-state index contributed by atoms with van der Waals surface area (Å²) >= 11 is 12.1.